The third-order valence-corrected chi connectivity index (χ3v) is 6.35. The minimum atomic E-state index is -0.611. The number of amides is 3. The highest BCUT2D eigenvalue weighted by Crippen LogP contribution is 2.36. The molecule has 0 aromatic heterocycles. The molecule has 3 heterocycles. The Balaban J connectivity index is 1.43. The number of carbonyl (C=O) groups excluding carboxylic acids is 3. The fourth-order valence-corrected chi connectivity index (χ4v) is 4.88. The largest absolute Gasteiger partial charge is 0.454 e. The summed E-state index contributed by atoms with van der Waals surface area (Å²) < 4.78 is 10.5. The third kappa shape index (κ3) is 3.78. The number of fused-ring (bicyclic) bond motifs is 1. The quantitative estimate of drug-likeness (QED) is 0.712. The summed E-state index contributed by atoms with van der Waals surface area (Å²) in [7, 11) is 0. The van der Waals surface area contributed by atoms with Crippen molar-refractivity contribution in [3.05, 3.63) is 28.7 Å². The summed E-state index contributed by atoms with van der Waals surface area (Å²) in [5.41, 5.74) is 0.695. The number of hydrogen-bond donors (Lipinski definition) is 2. The van der Waals surface area contributed by atoms with Crippen molar-refractivity contribution < 1.29 is 29.0 Å². The molecule has 2 atom stereocenters. The van der Waals surface area contributed by atoms with Gasteiger partial charge in [0.05, 0.1) is 17.1 Å². The lowest BCUT2D eigenvalue weighted by Gasteiger charge is -2.18. The van der Waals surface area contributed by atoms with Gasteiger partial charge in [-0.2, -0.15) is 11.8 Å². The Morgan fingerprint density at radius 2 is 2.11 bits per heavy atom. The van der Waals surface area contributed by atoms with Gasteiger partial charge in [-0.1, -0.05) is 6.07 Å². The summed E-state index contributed by atoms with van der Waals surface area (Å²) in [6.45, 7) is -0.213. The number of benzene rings is 1. The molecule has 0 saturated carbocycles. The average molecular weight is 408 g/mol. The van der Waals surface area contributed by atoms with E-state index in [0.29, 0.717) is 28.6 Å². The van der Waals surface area contributed by atoms with Crippen LogP contribution in [0.25, 0.3) is 6.08 Å². The Hall–Kier alpha value is -2.17. The number of hydrogen-bond acceptors (Lipinski definition) is 8. The normalized spacial score (nSPS) is 25.5. The van der Waals surface area contributed by atoms with Crippen molar-refractivity contribution in [1.82, 2.24) is 10.2 Å². The van der Waals surface area contributed by atoms with E-state index in [9.17, 15) is 19.5 Å². The molecule has 2 fully saturated rings. The Kier molecular flexibility index (Phi) is 5.02. The maximum atomic E-state index is 12.5. The smallest absolute Gasteiger partial charge is 0.294 e. The van der Waals surface area contributed by atoms with Crippen molar-refractivity contribution >= 4 is 46.7 Å². The molecule has 8 nitrogen and oxygen atoms in total. The molecule has 2 saturated heterocycles. The molecular formula is C17H16N2O6S2. The van der Waals surface area contributed by atoms with Crippen LogP contribution in [-0.2, 0) is 9.59 Å². The zero-order chi connectivity index (χ0) is 19.0. The molecule has 0 unspecified atom stereocenters. The number of aliphatic hydroxyl groups is 1. The van der Waals surface area contributed by atoms with Crippen LogP contribution >= 0.6 is 23.5 Å². The van der Waals surface area contributed by atoms with Gasteiger partial charge in [-0.25, -0.2) is 0 Å². The summed E-state index contributed by atoms with van der Waals surface area (Å²) in [6.07, 6.45) is 0.974. The van der Waals surface area contributed by atoms with Crippen LogP contribution in [0.4, 0.5) is 4.79 Å². The zero-order valence-corrected chi connectivity index (χ0v) is 15.7. The van der Waals surface area contributed by atoms with Gasteiger partial charge in [-0.3, -0.25) is 19.3 Å². The molecule has 1 aromatic rings. The standard InChI is InChI=1S/C17H16N2O6S2/c20-11-7-26-6-10(11)18-15(21)5-19-16(22)14(27-17(19)23)4-9-1-2-12-13(3-9)25-8-24-12/h1-4,10-11,20H,5-8H2,(H,18,21)/b14-4-/t10-,11-/m1/s1. The second kappa shape index (κ2) is 7.45. The minimum Gasteiger partial charge on any atom is -0.454 e. The SMILES string of the molecule is O=C(CN1C(=O)S/C(=C\c2ccc3c(c2)OCO3)C1=O)N[C@@H]1CSC[C@H]1O. The number of thioether (sulfide) groups is 2. The Morgan fingerprint density at radius 3 is 2.89 bits per heavy atom. The van der Waals surface area contributed by atoms with Crippen molar-refractivity contribution in [3.63, 3.8) is 0 Å². The van der Waals surface area contributed by atoms with Crippen LogP contribution < -0.4 is 14.8 Å². The number of aliphatic hydroxyl groups excluding tert-OH is 1. The number of rotatable bonds is 4. The summed E-state index contributed by atoms with van der Waals surface area (Å²) in [6, 6.07) is 4.86. The molecule has 0 radical (unpaired) electrons. The van der Waals surface area contributed by atoms with Gasteiger partial charge in [0, 0.05) is 11.5 Å². The highest BCUT2D eigenvalue weighted by molar-refractivity contribution is 8.18. The van der Waals surface area contributed by atoms with Gasteiger partial charge in [0.2, 0.25) is 12.7 Å². The maximum Gasteiger partial charge on any atom is 0.294 e. The first-order valence-corrected chi connectivity index (χ1v) is 10.2. The predicted molar refractivity (Wildman–Crippen MR) is 101 cm³/mol. The number of ether oxygens (including phenoxy) is 2. The molecule has 142 valence electrons. The van der Waals surface area contributed by atoms with Crippen molar-refractivity contribution in [2.45, 2.75) is 12.1 Å². The highest BCUT2D eigenvalue weighted by atomic mass is 32.2. The molecule has 3 aliphatic rings. The van der Waals surface area contributed by atoms with Gasteiger partial charge in [0.15, 0.2) is 11.5 Å². The van der Waals surface area contributed by atoms with Crippen LogP contribution in [0.3, 0.4) is 0 Å². The molecule has 0 aliphatic carbocycles. The number of nitrogens with zero attached hydrogens (tertiary/aromatic N) is 1. The van der Waals surface area contributed by atoms with Crippen molar-refractivity contribution in [2.75, 3.05) is 24.8 Å². The molecule has 1 aromatic carbocycles. The van der Waals surface area contributed by atoms with Gasteiger partial charge in [-0.15, -0.1) is 0 Å². The van der Waals surface area contributed by atoms with Crippen LogP contribution in [0.1, 0.15) is 5.56 Å². The van der Waals surface area contributed by atoms with E-state index in [1.807, 2.05) is 0 Å². The Labute approximate surface area is 163 Å². The zero-order valence-electron chi connectivity index (χ0n) is 14.0. The second-order valence-corrected chi connectivity index (χ2v) is 8.23. The van der Waals surface area contributed by atoms with Crippen molar-refractivity contribution in [2.24, 2.45) is 0 Å². The number of nitrogens with one attached hydrogen (secondary N) is 1. The Morgan fingerprint density at radius 1 is 1.30 bits per heavy atom. The first-order chi connectivity index (χ1) is 13.0. The van der Waals surface area contributed by atoms with E-state index < -0.39 is 23.2 Å². The lowest BCUT2D eigenvalue weighted by Crippen LogP contribution is -2.47. The molecule has 2 N–H and O–H groups in total. The van der Waals surface area contributed by atoms with Crippen molar-refractivity contribution in [1.29, 1.82) is 0 Å². The van der Waals surface area contributed by atoms with Gasteiger partial charge >= 0.3 is 0 Å². The minimum absolute atomic E-state index is 0.151. The van der Waals surface area contributed by atoms with Crippen molar-refractivity contribution in [3.8, 4) is 11.5 Å². The van der Waals surface area contributed by atoms with Crippen LogP contribution in [0.15, 0.2) is 23.1 Å². The fourth-order valence-electron chi connectivity index (χ4n) is 2.87. The van der Waals surface area contributed by atoms with Crippen LogP contribution in [0, 0.1) is 0 Å². The molecule has 0 bridgehead atoms. The molecule has 27 heavy (non-hydrogen) atoms. The van der Waals surface area contributed by atoms with E-state index in [1.54, 1.807) is 36.0 Å². The molecule has 3 aliphatic heterocycles. The lowest BCUT2D eigenvalue weighted by molar-refractivity contribution is -0.129. The molecular weight excluding hydrogens is 392 g/mol. The van der Waals surface area contributed by atoms with Gasteiger partial charge in [0.25, 0.3) is 11.1 Å². The highest BCUT2D eigenvalue weighted by Gasteiger charge is 2.37. The van der Waals surface area contributed by atoms with Gasteiger partial charge in [0.1, 0.15) is 6.54 Å². The lowest BCUT2D eigenvalue weighted by atomic mass is 10.2. The van der Waals surface area contributed by atoms with Gasteiger partial charge in [-0.05, 0) is 35.5 Å². The van der Waals surface area contributed by atoms with Crippen LogP contribution in [-0.4, -0.2) is 64.0 Å². The predicted octanol–water partition coefficient (Wildman–Crippen LogP) is 1.04. The van der Waals surface area contributed by atoms with E-state index in [-0.39, 0.29) is 24.3 Å². The number of carbonyl (C=O) groups is 3. The molecule has 10 heteroatoms. The summed E-state index contributed by atoms with van der Waals surface area (Å²) >= 11 is 2.33. The number of imide groups is 1. The topological polar surface area (TPSA) is 105 Å². The summed E-state index contributed by atoms with van der Waals surface area (Å²) in [5, 5.41) is 11.9. The monoisotopic (exact) mass is 408 g/mol. The first kappa shape index (κ1) is 18.2. The average Bonchev–Trinajstić information content (AvgIpc) is 3.32. The first-order valence-electron chi connectivity index (χ1n) is 8.21. The van der Waals surface area contributed by atoms with E-state index in [2.05, 4.69) is 5.32 Å². The van der Waals surface area contributed by atoms with Crippen LogP contribution in [0.5, 0.6) is 11.5 Å². The molecule has 3 amide bonds. The van der Waals surface area contributed by atoms with E-state index in [0.717, 1.165) is 16.7 Å². The van der Waals surface area contributed by atoms with Gasteiger partial charge < -0.3 is 19.9 Å². The second-order valence-electron chi connectivity index (χ2n) is 6.16. The van der Waals surface area contributed by atoms with E-state index in [1.165, 1.54) is 0 Å². The molecule has 4 rings (SSSR count). The van der Waals surface area contributed by atoms with Crippen LogP contribution in [0.2, 0.25) is 0 Å². The summed E-state index contributed by atoms with van der Waals surface area (Å²) in [5.74, 6) is 1.40. The van der Waals surface area contributed by atoms with E-state index in [4.69, 9.17) is 9.47 Å². The fraction of sp³-hybridized carbons (Fsp3) is 0.353. The Bertz CT molecular complexity index is 843. The summed E-state index contributed by atoms with van der Waals surface area (Å²) in [4.78, 5) is 38.0. The third-order valence-electron chi connectivity index (χ3n) is 4.27. The molecule has 0 spiro atoms. The van der Waals surface area contributed by atoms with E-state index >= 15 is 0 Å². The maximum absolute atomic E-state index is 12.5.